The van der Waals surface area contributed by atoms with Crippen molar-refractivity contribution < 1.29 is 8.42 Å². The van der Waals surface area contributed by atoms with Gasteiger partial charge in [-0.2, -0.15) is 4.31 Å². The van der Waals surface area contributed by atoms with Crippen molar-refractivity contribution in [3.8, 4) is 0 Å². The third-order valence-corrected chi connectivity index (χ3v) is 5.64. The maximum Gasteiger partial charge on any atom is 0.243 e. The van der Waals surface area contributed by atoms with Crippen LogP contribution in [0.3, 0.4) is 0 Å². The monoisotopic (exact) mass is 329 g/mol. The zero-order valence-electron chi connectivity index (χ0n) is 10.3. The van der Waals surface area contributed by atoms with Crippen LogP contribution in [0.5, 0.6) is 0 Å². The highest BCUT2D eigenvalue weighted by Crippen LogP contribution is 2.29. The van der Waals surface area contributed by atoms with Crippen molar-refractivity contribution in [3.05, 3.63) is 40.9 Å². The standard InChI is InChI=1S/C13H16BrNO2S/c1-10(2)13-4-3-9-15(13)18(16,17)12-7-5-11(14)6-8-12/h5-8,13H,1,3-4,9H2,2H3. The Labute approximate surface area is 117 Å². The maximum absolute atomic E-state index is 12.5. The van der Waals surface area contributed by atoms with Crippen LogP contribution in [0, 0.1) is 0 Å². The average molecular weight is 330 g/mol. The zero-order chi connectivity index (χ0) is 13.3. The first-order valence-corrected chi connectivity index (χ1v) is 8.09. The summed E-state index contributed by atoms with van der Waals surface area (Å²) >= 11 is 3.31. The molecule has 98 valence electrons. The van der Waals surface area contributed by atoms with E-state index in [1.807, 2.05) is 6.92 Å². The minimum Gasteiger partial charge on any atom is -0.207 e. The van der Waals surface area contributed by atoms with Crippen molar-refractivity contribution in [3.63, 3.8) is 0 Å². The van der Waals surface area contributed by atoms with Gasteiger partial charge in [0, 0.05) is 17.1 Å². The fraction of sp³-hybridized carbons (Fsp3) is 0.385. The lowest BCUT2D eigenvalue weighted by atomic mass is 10.1. The van der Waals surface area contributed by atoms with Gasteiger partial charge in [0.15, 0.2) is 0 Å². The number of hydrogen-bond donors (Lipinski definition) is 0. The van der Waals surface area contributed by atoms with Crippen LogP contribution in [0.2, 0.25) is 0 Å². The summed E-state index contributed by atoms with van der Waals surface area (Å²) in [5.41, 5.74) is 0.910. The van der Waals surface area contributed by atoms with Crippen LogP contribution in [-0.2, 0) is 10.0 Å². The Balaban J connectivity index is 2.36. The molecule has 2 rings (SSSR count). The second-order valence-corrected chi connectivity index (χ2v) is 7.38. The maximum atomic E-state index is 12.5. The third-order valence-electron chi connectivity index (χ3n) is 3.19. The Kier molecular flexibility index (Phi) is 3.94. The Morgan fingerprint density at radius 3 is 2.56 bits per heavy atom. The molecule has 1 heterocycles. The Bertz CT molecular complexity index is 551. The second-order valence-electron chi connectivity index (χ2n) is 4.57. The smallest absolute Gasteiger partial charge is 0.207 e. The van der Waals surface area contributed by atoms with Gasteiger partial charge in [-0.1, -0.05) is 28.1 Å². The van der Waals surface area contributed by atoms with Gasteiger partial charge >= 0.3 is 0 Å². The zero-order valence-corrected chi connectivity index (χ0v) is 12.7. The van der Waals surface area contributed by atoms with Crippen molar-refractivity contribution in [2.24, 2.45) is 0 Å². The van der Waals surface area contributed by atoms with E-state index in [0.717, 1.165) is 22.9 Å². The van der Waals surface area contributed by atoms with Gasteiger partial charge in [0.2, 0.25) is 10.0 Å². The fourth-order valence-corrected chi connectivity index (χ4v) is 4.27. The molecule has 5 heteroatoms. The average Bonchev–Trinajstić information content (AvgIpc) is 2.79. The van der Waals surface area contributed by atoms with E-state index in [4.69, 9.17) is 0 Å². The molecule has 0 N–H and O–H groups in total. The largest absolute Gasteiger partial charge is 0.243 e. The molecule has 1 fully saturated rings. The molecule has 1 aromatic carbocycles. The van der Waals surface area contributed by atoms with Gasteiger partial charge < -0.3 is 0 Å². The summed E-state index contributed by atoms with van der Waals surface area (Å²) in [5.74, 6) is 0. The number of halogens is 1. The van der Waals surface area contributed by atoms with E-state index in [-0.39, 0.29) is 6.04 Å². The van der Waals surface area contributed by atoms with Crippen molar-refractivity contribution in [2.45, 2.75) is 30.7 Å². The molecule has 1 unspecified atom stereocenters. The molecule has 1 aliphatic rings. The first-order chi connectivity index (χ1) is 8.43. The van der Waals surface area contributed by atoms with Crippen molar-refractivity contribution in [2.75, 3.05) is 6.54 Å². The molecule has 0 saturated carbocycles. The lowest BCUT2D eigenvalue weighted by Crippen LogP contribution is -2.35. The summed E-state index contributed by atoms with van der Waals surface area (Å²) in [4.78, 5) is 0.346. The van der Waals surface area contributed by atoms with Gasteiger partial charge in [-0.25, -0.2) is 8.42 Å². The van der Waals surface area contributed by atoms with E-state index in [1.54, 1.807) is 28.6 Å². The molecule has 0 spiro atoms. The lowest BCUT2D eigenvalue weighted by molar-refractivity contribution is 0.421. The van der Waals surface area contributed by atoms with Crippen molar-refractivity contribution in [1.29, 1.82) is 0 Å². The van der Waals surface area contributed by atoms with Crippen LogP contribution in [0.4, 0.5) is 0 Å². The summed E-state index contributed by atoms with van der Waals surface area (Å²) in [6, 6.07) is 6.70. The van der Waals surface area contributed by atoms with Crippen molar-refractivity contribution in [1.82, 2.24) is 4.31 Å². The van der Waals surface area contributed by atoms with E-state index in [9.17, 15) is 8.42 Å². The predicted octanol–water partition coefficient (Wildman–Crippen LogP) is 3.18. The molecule has 3 nitrogen and oxygen atoms in total. The Hall–Kier alpha value is -0.650. The van der Waals surface area contributed by atoms with E-state index < -0.39 is 10.0 Å². The summed E-state index contributed by atoms with van der Waals surface area (Å²) in [5, 5.41) is 0. The minimum absolute atomic E-state index is 0.0568. The summed E-state index contributed by atoms with van der Waals surface area (Å²) in [6.07, 6.45) is 1.76. The Morgan fingerprint density at radius 1 is 1.39 bits per heavy atom. The van der Waals surface area contributed by atoms with E-state index >= 15 is 0 Å². The van der Waals surface area contributed by atoms with Crippen LogP contribution in [0.25, 0.3) is 0 Å². The molecule has 18 heavy (non-hydrogen) atoms. The summed E-state index contributed by atoms with van der Waals surface area (Å²) in [7, 11) is -3.40. The second kappa shape index (κ2) is 5.15. The van der Waals surface area contributed by atoms with Gasteiger partial charge in [0.05, 0.1) is 4.90 Å². The van der Waals surface area contributed by atoms with Crippen LogP contribution >= 0.6 is 15.9 Å². The molecule has 0 amide bonds. The van der Waals surface area contributed by atoms with E-state index in [1.165, 1.54) is 0 Å². The molecule has 0 bridgehead atoms. The summed E-state index contributed by atoms with van der Waals surface area (Å²) < 4.78 is 27.5. The van der Waals surface area contributed by atoms with E-state index in [0.29, 0.717) is 11.4 Å². The molecular formula is C13H16BrNO2S. The van der Waals surface area contributed by atoms with Crippen molar-refractivity contribution >= 4 is 26.0 Å². The van der Waals surface area contributed by atoms with E-state index in [2.05, 4.69) is 22.5 Å². The number of rotatable bonds is 3. The fourth-order valence-electron chi connectivity index (χ4n) is 2.26. The lowest BCUT2D eigenvalue weighted by Gasteiger charge is -2.24. The first-order valence-electron chi connectivity index (χ1n) is 5.86. The number of hydrogen-bond acceptors (Lipinski definition) is 2. The van der Waals surface area contributed by atoms with Gasteiger partial charge in [0.1, 0.15) is 0 Å². The topological polar surface area (TPSA) is 37.4 Å². The van der Waals surface area contributed by atoms with Crippen LogP contribution in [0.15, 0.2) is 45.8 Å². The number of benzene rings is 1. The highest BCUT2D eigenvalue weighted by molar-refractivity contribution is 9.10. The highest BCUT2D eigenvalue weighted by atomic mass is 79.9. The molecular weight excluding hydrogens is 314 g/mol. The van der Waals surface area contributed by atoms with Crippen LogP contribution in [0.1, 0.15) is 19.8 Å². The molecule has 1 atom stereocenters. The number of nitrogens with zero attached hydrogens (tertiary/aromatic N) is 1. The normalized spacial score (nSPS) is 21.1. The number of sulfonamides is 1. The van der Waals surface area contributed by atoms with Gasteiger partial charge in [0.25, 0.3) is 0 Å². The molecule has 1 aliphatic heterocycles. The quantitative estimate of drug-likeness (QED) is 0.798. The SMILES string of the molecule is C=C(C)C1CCCN1S(=O)(=O)c1ccc(Br)cc1. The molecule has 0 radical (unpaired) electrons. The van der Waals surface area contributed by atoms with Crippen LogP contribution < -0.4 is 0 Å². The summed E-state index contributed by atoms with van der Waals surface area (Å²) in [6.45, 7) is 6.36. The highest BCUT2D eigenvalue weighted by Gasteiger charge is 2.35. The Morgan fingerprint density at radius 2 is 2.00 bits per heavy atom. The predicted molar refractivity (Wildman–Crippen MR) is 75.9 cm³/mol. The first kappa shape index (κ1) is 13.8. The van der Waals surface area contributed by atoms with Gasteiger partial charge in [-0.05, 0) is 44.0 Å². The molecule has 1 saturated heterocycles. The molecule has 1 aromatic rings. The van der Waals surface area contributed by atoms with Crippen LogP contribution in [-0.4, -0.2) is 25.3 Å². The van der Waals surface area contributed by atoms with Gasteiger partial charge in [-0.15, -0.1) is 0 Å². The third kappa shape index (κ3) is 2.53. The molecule has 0 aromatic heterocycles. The minimum atomic E-state index is -3.40. The molecule has 0 aliphatic carbocycles. The van der Waals surface area contributed by atoms with Gasteiger partial charge in [-0.3, -0.25) is 0 Å².